The second kappa shape index (κ2) is 7.15. The Kier molecular flexibility index (Phi) is 5.50. The molecule has 2 aromatic carbocycles. The van der Waals surface area contributed by atoms with Gasteiger partial charge in [-0.15, -0.1) is 0 Å². The summed E-state index contributed by atoms with van der Waals surface area (Å²) in [4.78, 5) is 10.5. The van der Waals surface area contributed by atoms with E-state index in [1.807, 2.05) is 30.3 Å². The van der Waals surface area contributed by atoms with Gasteiger partial charge in [-0.1, -0.05) is 40.2 Å². The standard InChI is InChI=1S/C15H14Br2N2O2/c16-12-5-1-3-10(7-12)8-13(18)9-11-4-2-6-14(15(11)17)19(20)21/h1-7,13H,8-9,18H2. The Balaban J connectivity index is 2.11. The Morgan fingerprint density at radius 2 is 1.86 bits per heavy atom. The molecule has 0 bridgehead atoms. The number of benzene rings is 2. The van der Waals surface area contributed by atoms with E-state index in [0.717, 1.165) is 15.6 Å². The first-order chi connectivity index (χ1) is 9.97. The van der Waals surface area contributed by atoms with Gasteiger partial charge in [-0.05, 0) is 52.0 Å². The maximum Gasteiger partial charge on any atom is 0.283 e. The van der Waals surface area contributed by atoms with Crippen LogP contribution in [0.15, 0.2) is 51.4 Å². The third-order valence-corrected chi connectivity index (χ3v) is 4.53. The Morgan fingerprint density at radius 3 is 2.52 bits per heavy atom. The molecule has 0 aliphatic heterocycles. The molecule has 6 heteroatoms. The van der Waals surface area contributed by atoms with Gasteiger partial charge >= 0.3 is 0 Å². The van der Waals surface area contributed by atoms with Crippen LogP contribution in [-0.2, 0) is 12.8 Å². The molecule has 0 amide bonds. The summed E-state index contributed by atoms with van der Waals surface area (Å²) in [7, 11) is 0. The Hall–Kier alpha value is -1.24. The fraction of sp³-hybridized carbons (Fsp3) is 0.200. The van der Waals surface area contributed by atoms with Crippen molar-refractivity contribution >= 4 is 37.5 Å². The molecule has 0 saturated heterocycles. The highest BCUT2D eigenvalue weighted by atomic mass is 79.9. The topological polar surface area (TPSA) is 69.2 Å². The van der Waals surface area contributed by atoms with E-state index < -0.39 is 4.92 Å². The maximum atomic E-state index is 10.9. The van der Waals surface area contributed by atoms with Crippen molar-refractivity contribution in [1.29, 1.82) is 0 Å². The molecule has 4 nitrogen and oxygen atoms in total. The molecule has 1 atom stereocenters. The highest BCUT2D eigenvalue weighted by Crippen LogP contribution is 2.29. The molecule has 2 N–H and O–H groups in total. The van der Waals surface area contributed by atoms with Crippen molar-refractivity contribution in [1.82, 2.24) is 0 Å². The zero-order chi connectivity index (χ0) is 15.4. The summed E-state index contributed by atoms with van der Waals surface area (Å²) in [5.41, 5.74) is 8.24. The third-order valence-electron chi connectivity index (χ3n) is 3.12. The number of hydrogen-bond donors (Lipinski definition) is 1. The van der Waals surface area contributed by atoms with Crippen molar-refractivity contribution in [3.8, 4) is 0 Å². The quantitative estimate of drug-likeness (QED) is 0.588. The van der Waals surface area contributed by atoms with Gasteiger partial charge < -0.3 is 5.73 Å². The Labute approximate surface area is 139 Å². The number of nitrogens with two attached hydrogens (primary N) is 1. The van der Waals surface area contributed by atoms with E-state index >= 15 is 0 Å². The summed E-state index contributed by atoms with van der Waals surface area (Å²) in [6.45, 7) is 0. The molecule has 0 aliphatic rings. The van der Waals surface area contributed by atoms with Crippen LogP contribution in [0, 0.1) is 10.1 Å². The number of nitrogens with zero attached hydrogens (tertiary/aromatic N) is 1. The van der Waals surface area contributed by atoms with Gasteiger partial charge in [0.15, 0.2) is 0 Å². The molecule has 21 heavy (non-hydrogen) atoms. The summed E-state index contributed by atoms with van der Waals surface area (Å²) in [5.74, 6) is 0. The molecule has 0 aliphatic carbocycles. The van der Waals surface area contributed by atoms with Crippen molar-refractivity contribution in [2.75, 3.05) is 0 Å². The number of nitro groups is 1. The van der Waals surface area contributed by atoms with Gasteiger partial charge in [0, 0.05) is 16.6 Å². The van der Waals surface area contributed by atoms with Crippen LogP contribution in [0.4, 0.5) is 5.69 Å². The Bertz CT molecular complexity index is 662. The Morgan fingerprint density at radius 1 is 1.14 bits per heavy atom. The minimum atomic E-state index is -0.395. The molecular weight excluding hydrogens is 400 g/mol. The third kappa shape index (κ3) is 4.36. The molecular formula is C15H14Br2N2O2. The zero-order valence-corrected chi connectivity index (χ0v) is 14.3. The second-order valence-corrected chi connectivity index (χ2v) is 6.51. The van der Waals surface area contributed by atoms with Crippen LogP contribution in [0.1, 0.15) is 11.1 Å². The predicted molar refractivity (Wildman–Crippen MR) is 90.3 cm³/mol. The summed E-state index contributed by atoms with van der Waals surface area (Å²) >= 11 is 6.74. The lowest BCUT2D eigenvalue weighted by Gasteiger charge is -2.13. The predicted octanol–water partition coefficient (Wildman–Crippen LogP) is 4.23. The molecule has 0 radical (unpaired) electrons. The molecule has 2 rings (SSSR count). The van der Waals surface area contributed by atoms with Crippen LogP contribution >= 0.6 is 31.9 Å². The molecule has 0 saturated carbocycles. The van der Waals surface area contributed by atoms with Gasteiger partial charge in [0.05, 0.1) is 9.40 Å². The van der Waals surface area contributed by atoms with Gasteiger partial charge in [0.2, 0.25) is 0 Å². The zero-order valence-electron chi connectivity index (χ0n) is 11.1. The van der Waals surface area contributed by atoms with Crippen LogP contribution in [0.25, 0.3) is 0 Å². The van der Waals surface area contributed by atoms with E-state index in [9.17, 15) is 10.1 Å². The van der Waals surface area contributed by atoms with E-state index in [0.29, 0.717) is 17.3 Å². The van der Waals surface area contributed by atoms with Crippen molar-refractivity contribution < 1.29 is 4.92 Å². The summed E-state index contributed by atoms with van der Waals surface area (Å²) < 4.78 is 1.53. The fourth-order valence-electron chi connectivity index (χ4n) is 2.19. The van der Waals surface area contributed by atoms with E-state index in [4.69, 9.17) is 5.73 Å². The molecule has 1 unspecified atom stereocenters. The second-order valence-electron chi connectivity index (χ2n) is 4.81. The first kappa shape index (κ1) is 16.1. The summed E-state index contributed by atoms with van der Waals surface area (Å²) in [6, 6.07) is 12.9. The number of rotatable bonds is 5. The van der Waals surface area contributed by atoms with Crippen molar-refractivity contribution in [3.63, 3.8) is 0 Å². The van der Waals surface area contributed by atoms with E-state index in [-0.39, 0.29) is 11.7 Å². The van der Waals surface area contributed by atoms with Crippen LogP contribution in [0.5, 0.6) is 0 Å². The van der Waals surface area contributed by atoms with Gasteiger partial charge in [-0.3, -0.25) is 10.1 Å². The van der Waals surface area contributed by atoms with Gasteiger partial charge in [-0.2, -0.15) is 0 Å². The lowest BCUT2D eigenvalue weighted by atomic mass is 9.99. The van der Waals surface area contributed by atoms with E-state index in [1.54, 1.807) is 6.07 Å². The summed E-state index contributed by atoms with van der Waals surface area (Å²) in [6.07, 6.45) is 1.29. The normalized spacial score (nSPS) is 12.1. The van der Waals surface area contributed by atoms with Crippen LogP contribution in [0.3, 0.4) is 0 Å². The van der Waals surface area contributed by atoms with Gasteiger partial charge in [0.25, 0.3) is 5.69 Å². The number of hydrogen-bond acceptors (Lipinski definition) is 3. The first-order valence-corrected chi connectivity index (χ1v) is 7.98. The lowest BCUT2D eigenvalue weighted by molar-refractivity contribution is -0.385. The van der Waals surface area contributed by atoms with Crippen LogP contribution in [0.2, 0.25) is 0 Å². The minimum absolute atomic E-state index is 0.0714. The largest absolute Gasteiger partial charge is 0.327 e. The highest BCUT2D eigenvalue weighted by Gasteiger charge is 2.16. The molecule has 0 spiro atoms. The average Bonchev–Trinajstić information content (AvgIpc) is 2.40. The number of nitro benzene ring substituents is 1. The molecule has 0 fully saturated rings. The van der Waals surface area contributed by atoms with Gasteiger partial charge in [0.1, 0.15) is 0 Å². The minimum Gasteiger partial charge on any atom is -0.327 e. The lowest BCUT2D eigenvalue weighted by Crippen LogP contribution is -2.25. The van der Waals surface area contributed by atoms with E-state index in [2.05, 4.69) is 31.9 Å². The first-order valence-electron chi connectivity index (χ1n) is 6.39. The highest BCUT2D eigenvalue weighted by molar-refractivity contribution is 9.10. The molecule has 2 aromatic rings. The smallest absolute Gasteiger partial charge is 0.283 e. The average molecular weight is 414 g/mol. The van der Waals surface area contributed by atoms with Crippen LogP contribution in [-0.4, -0.2) is 11.0 Å². The van der Waals surface area contributed by atoms with Crippen molar-refractivity contribution in [2.45, 2.75) is 18.9 Å². The molecule has 0 aromatic heterocycles. The van der Waals surface area contributed by atoms with Gasteiger partial charge in [-0.25, -0.2) is 0 Å². The van der Waals surface area contributed by atoms with Crippen molar-refractivity contribution in [2.24, 2.45) is 5.73 Å². The number of halogens is 2. The van der Waals surface area contributed by atoms with Crippen LogP contribution < -0.4 is 5.73 Å². The molecule has 0 heterocycles. The summed E-state index contributed by atoms with van der Waals surface area (Å²) in [5, 5.41) is 10.9. The van der Waals surface area contributed by atoms with Crippen molar-refractivity contribution in [3.05, 3.63) is 72.7 Å². The fourth-order valence-corrected chi connectivity index (χ4v) is 3.20. The maximum absolute atomic E-state index is 10.9. The molecule has 110 valence electrons. The van der Waals surface area contributed by atoms with E-state index in [1.165, 1.54) is 6.07 Å². The monoisotopic (exact) mass is 412 g/mol. The SMILES string of the molecule is NC(Cc1cccc(Br)c1)Cc1cccc([N+](=O)[O-])c1Br.